The van der Waals surface area contributed by atoms with Crippen LogP contribution in [0.3, 0.4) is 0 Å². The molecule has 13 heavy (non-hydrogen) atoms. The molecule has 4 heteroatoms. The van der Waals surface area contributed by atoms with Gasteiger partial charge < -0.3 is 9.47 Å². The molecule has 0 radical (unpaired) electrons. The van der Waals surface area contributed by atoms with Crippen LogP contribution in [0.4, 0.5) is 0 Å². The van der Waals surface area contributed by atoms with Gasteiger partial charge in [-0.2, -0.15) is 0 Å². The minimum absolute atomic E-state index is 0.00824. The number of carbonyl (C=O) groups excluding carboxylic acids is 2. The zero-order valence-corrected chi connectivity index (χ0v) is 8.12. The van der Waals surface area contributed by atoms with Gasteiger partial charge in [0.05, 0.1) is 6.61 Å². The lowest BCUT2D eigenvalue weighted by molar-refractivity contribution is -0.174. The van der Waals surface area contributed by atoms with Crippen molar-refractivity contribution >= 4 is 11.8 Å². The van der Waals surface area contributed by atoms with E-state index in [0.29, 0.717) is 6.42 Å². The number of hydrogen-bond acceptors (Lipinski definition) is 4. The van der Waals surface area contributed by atoms with Crippen LogP contribution in [0.1, 0.15) is 20.3 Å². The predicted molar refractivity (Wildman–Crippen MR) is 45.2 cm³/mol. The summed E-state index contributed by atoms with van der Waals surface area (Å²) in [5.74, 6) is -0.237. The molecule has 4 nitrogen and oxygen atoms in total. The van der Waals surface area contributed by atoms with E-state index in [1.807, 2.05) is 0 Å². The Morgan fingerprint density at radius 1 is 1.69 bits per heavy atom. The van der Waals surface area contributed by atoms with E-state index in [9.17, 15) is 9.59 Å². The highest BCUT2D eigenvalue weighted by molar-refractivity contribution is 5.93. The number of ketones is 1. The fraction of sp³-hybridized carbons (Fsp3) is 0.778. The van der Waals surface area contributed by atoms with Crippen LogP contribution in [-0.2, 0) is 19.1 Å². The summed E-state index contributed by atoms with van der Waals surface area (Å²) in [6.07, 6.45) is 0.442. The van der Waals surface area contributed by atoms with Gasteiger partial charge in [0.2, 0.25) is 0 Å². The summed E-state index contributed by atoms with van der Waals surface area (Å²) < 4.78 is 9.91. The summed E-state index contributed by atoms with van der Waals surface area (Å²) in [7, 11) is 1.50. The van der Waals surface area contributed by atoms with Crippen molar-refractivity contribution in [3.8, 4) is 0 Å². The van der Waals surface area contributed by atoms with Crippen LogP contribution in [0.25, 0.3) is 0 Å². The molecule has 1 aliphatic carbocycles. The topological polar surface area (TPSA) is 52.6 Å². The molecule has 1 fully saturated rings. The Hall–Kier alpha value is -0.900. The van der Waals surface area contributed by atoms with E-state index in [1.165, 1.54) is 14.0 Å². The van der Waals surface area contributed by atoms with E-state index in [1.54, 1.807) is 6.92 Å². The summed E-state index contributed by atoms with van der Waals surface area (Å²) in [6.45, 7) is 3.35. The number of hydrogen-bond donors (Lipinski definition) is 0. The number of Topliss-reactive ketones (excluding diaryl/α,β-unsaturated/α-hetero) is 1. The average molecular weight is 186 g/mol. The lowest BCUT2D eigenvalue weighted by Gasteiger charge is -2.43. The number of carbonyl (C=O) groups is 2. The van der Waals surface area contributed by atoms with Gasteiger partial charge in [-0.3, -0.25) is 9.59 Å². The van der Waals surface area contributed by atoms with Gasteiger partial charge >= 0.3 is 5.97 Å². The summed E-state index contributed by atoms with van der Waals surface area (Å²) in [4.78, 5) is 21.7. The Kier molecular flexibility index (Phi) is 2.71. The van der Waals surface area contributed by atoms with Crippen molar-refractivity contribution in [3.05, 3.63) is 0 Å². The Morgan fingerprint density at radius 3 is 2.69 bits per heavy atom. The maximum absolute atomic E-state index is 11.2. The molecule has 0 N–H and O–H groups in total. The SMILES string of the molecule is CO[C@@]1(C)C(=O)C[C@@H]1COC(C)=O. The van der Waals surface area contributed by atoms with Crippen molar-refractivity contribution < 1.29 is 19.1 Å². The molecule has 0 amide bonds. The van der Waals surface area contributed by atoms with Crippen molar-refractivity contribution in [1.29, 1.82) is 0 Å². The van der Waals surface area contributed by atoms with Gasteiger partial charge in [-0.25, -0.2) is 0 Å². The van der Waals surface area contributed by atoms with E-state index >= 15 is 0 Å². The molecule has 74 valence electrons. The van der Waals surface area contributed by atoms with E-state index in [2.05, 4.69) is 0 Å². The third-order valence-corrected chi connectivity index (χ3v) is 2.68. The summed E-state index contributed by atoms with van der Waals surface area (Å²) >= 11 is 0. The largest absolute Gasteiger partial charge is 0.465 e. The third-order valence-electron chi connectivity index (χ3n) is 2.68. The van der Waals surface area contributed by atoms with Gasteiger partial charge in [0.1, 0.15) is 5.60 Å². The number of ether oxygens (including phenoxy) is 2. The Morgan fingerprint density at radius 2 is 2.31 bits per heavy atom. The van der Waals surface area contributed by atoms with Gasteiger partial charge in [0.25, 0.3) is 0 Å². The molecule has 0 saturated heterocycles. The predicted octanol–water partition coefficient (Wildman–Crippen LogP) is 0.544. The molecule has 2 atom stereocenters. The zero-order valence-electron chi connectivity index (χ0n) is 8.12. The van der Waals surface area contributed by atoms with Gasteiger partial charge in [-0.05, 0) is 6.92 Å². The normalized spacial score (nSPS) is 32.5. The lowest BCUT2D eigenvalue weighted by Crippen LogP contribution is -2.57. The van der Waals surface area contributed by atoms with Crippen LogP contribution in [0.2, 0.25) is 0 Å². The van der Waals surface area contributed by atoms with Gasteiger partial charge in [-0.15, -0.1) is 0 Å². The monoisotopic (exact) mass is 186 g/mol. The minimum atomic E-state index is -0.741. The lowest BCUT2D eigenvalue weighted by atomic mass is 9.69. The first kappa shape index (κ1) is 10.2. The fourth-order valence-electron chi connectivity index (χ4n) is 1.43. The van der Waals surface area contributed by atoms with Crippen LogP contribution >= 0.6 is 0 Å². The van der Waals surface area contributed by atoms with Crippen molar-refractivity contribution in [3.63, 3.8) is 0 Å². The molecular formula is C9H14O4. The van der Waals surface area contributed by atoms with Crippen LogP contribution < -0.4 is 0 Å². The van der Waals surface area contributed by atoms with Gasteiger partial charge in [-0.1, -0.05) is 0 Å². The molecular weight excluding hydrogens is 172 g/mol. The van der Waals surface area contributed by atoms with Gasteiger partial charge in [0, 0.05) is 26.4 Å². The molecule has 1 aliphatic rings. The number of rotatable bonds is 3. The van der Waals surface area contributed by atoms with Crippen LogP contribution in [0.5, 0.6) is 0 Å². The first-order chi connectivity index (χ1) is 6.00. The molecule has 0 heterocycles. The standard InChI is InChI=1S/C9H14O4/c1-6(10)13-5-7-4-8(11)9(7,2)12-3/h7H,4-5H2,1-3H3/t7-,9-/m1/s1. The summed E-state index contributed by atoms with van der Waals surface area (Å²) in [5, 5.41) is 0. The quantitative estimate of drug-likeness (QED) is 0.604. The molecule has 0 unspecified atom stereocenters. The summed E-state index contributed by atoms with van der Waals surface area (Å²) in [6, 6.07) is 0. The van der Waals surface area contributed by atoms with Crippen LogP contribution in [0.15, 0.2) is 0 Å². The zero-order chi connectivity index (χ0) is 10.1. The maximum Gasteiger partial charge on any atom is 0.302 e. The molecule has 0 spiro atoms. The highest BCUT2D eigenvalue weighted by Crippen LogP contribution is 2.37. The van der Waals surface area contributed by atoms with Gasteiger partial charge in [0.15, 0.2) is 5.78 Å². The minimum Gasteiger partial charge on any atom is -0.465 e. The third kappa shape index (κ3) is 1.72. The Bertz CT molecular complexity index is 236. The molecule has 0 aromatic carbocycles. The smallest absolute Gasteiger partial charge is 0.302 e. The first-order valence-electron chi connectivity index (χ1n) is 4.22. The molecule has 0 aromatic rings. The van der Waals surface area contributed by atoms with Crippen LogP contribution in [-0.4, -0.2) is 31.1 Å². The van der Waals surface area contributed by atoms with Crippen molar-refractivity contribution in [2.24, 2.45) is 5.92 Å². The first-order valence-corrected chi connectivity index (χ1v) is 4.22. The number of methoxy groups -OCH3 is 1. The second-order valence-corrected chi connectivity index (χ2v) is 3.44. The van der Waals surface area contributed by atoms with Crippen molar-refractivity contribution in [2.75, 3.05) is 13.7 Å². The van der Waals surface area contributed by atoms with E-state index in [-0.39, 0.29) is 24.3 Å². The second kappa shape index (κ2) is 3.46. The Labute approximate surface area is 77.2 Å². The average Bonchev–Trinajstić information content (AvgIpc) is 2.10. The highest BCUT2D eigenvalue weighted by atomic mass is 16.5. The van der Waals surface area contributed by atoms with Crippen molar-refractivity contribution in [1.82, 2.24) is 0 Å². The molecule has 1 rings (SSSR count). The van der Waals surface area contributed by atoms with Crippen molar-refractivity contribution in [2.45, 2.75) is 25.9 Å². The fourth-order valence-corrected chi connectivity index (χ4v) is 1.43. The molecule has 0 bridgehead atoms. The highest BCUT2D eigenvalue weighted by Gasteiger charge is 2.52. The van der Waals surface area contributed by atoms with E-state index < -0.39 is 5.60 Å². The van der Waals surface area contributed by atoms with E-state index in [4.69, 9.17) is 9.47 Å². The molecule has 0 aliphatic heterocycles. The van der Waals surface area contributed by atoms with E-state index in [0.717, 1.165) is 0 Å². The maximum atomic E-state index is 11.2. The second-order valence-electron chi connectivity index (χ2n) is 3.44. The molecule has 1 saturated carbocycles. The Balaban J connectivity index is 2.45. The van der Waals surface area contributed by atoms with Crippen LogP contribution in [0, 0.1) is 5.92 Å². The molecule has 0 aromatic heterocycles. The summed E-state index contributed by atoms with van der Waals surface area (Å²) in [5.41, 5.74) is -0.741. The number of esters is 1.